The van der Waals surface area contributed by atoms with Gasteiger partial charge in [0.2, 0.25) is 0 Å². The van der Waals surface area contributed by atoms with E-state index in [1.165, 1.54) is 0 Å². The third-order valence-electron chi connectivity index (χ3n) is 5.45. The molecule has 3 aromatic carbocycles. The average molecular weight is 440 g/mol. The third kappa shape index (κ3) is 4.09. The molecule has 0 aliphatic carbocycles. The summed E-state index contributed by atoms with van der Waals surface area (Å²) in [5, 5.41) is 6.63. The summed E-state index contributed by atoms with van der Waals surface area (Å²) in [5.41, 5.74) is 4.15. The number of methoxy groups -OCH3 is 1. The van der Waals surface area contributed by atoms with Crippen molar-refractivity contribution in [2.45, 2.75) is 12.5 Å². The maximum atomic E-state index is 12.3. The van der Waals surface area contributed by atoms with Gasteiger partial charge in [-0.3, -0.25) is 4.79 Å². The molecule has 0 fully saturated rings. The van der Waals surface area contributed by atoms with E-state index in [-0.39, 0.29) is 11.3 Å². The van der Waals surface area contributed by atoms with Crippen molar-refractivity contribution in [1.82, 2.24) is 5.01 Å². The molecule has 158 valence electrons. The molecule has 0 radical (unpaired) electrons. The number of hydrogen-bond donors (Lipinski definition) is 0. The molecule has 0 saturated heterocycles. The van der Waals surface area contributed by atoms with E-state index in [9.17, 15) is 4.79 Å². The molecule has 5 nitrogen and oxygen atoms in total. The van der Waals surface area contributed by atoms with Gasteiger partial charge in [0, 0.05) is 6.42 Å². The van der Waals surface area contributed by atoms with Gasteiger partial charge in [0.1, 0.15) is 5.75 Å². The fraction of sp³-hybridized carbons (Fsp3) is 0.115. The molecular weight excluding hydrogens is 418 g/mol. The standard InChI is InChI=1S/C26H21N3O2S/c1-31-21-14-12-20(13-15-21)23-17-22(19-10-6-3-7-11-19)28-29(23)25-24(32-26(30)27-25)16-18-8-4-2-5-9-18/h2-16,23H,17H2,1H3/b24-16-. The molecule has 0 bridgehead atoms. The SMILES string of the molecule is COc1ccc(C2CC(c3ccccc3)=NN2C2=NC(=O)S/C2=C\c2ccccc2)cc1. The second-order valence-electron chi connectivity index (χ2n) is 7.47. The van der Waals surface area contributed by atoms with Crippen LogP contribution >= 0.6 is 11.8 Å². The van der Waals surface area contributed by atoms with Gasteiger partial charge in [-0.25, -0.2) is 5.01 Å². The molecule has 1 amide bonds. The molecule has 0 aromatic heterocycles. The highest BCUT2D eigenvalue weighted by atomic mass is 32.2. The second kappa shape index (κ2) is 8.85. The maximum Gasteiger partial charge on any atom is 0.311 e. The van der Waals surface area contributed by atoms with Crippen LogP contribution in [0.1, 0.15) is 29.2 Å². The number of hydrazone groups is 1. The number of carbonyl (C=O) groups is 1. The quantitative estimate of drug-likeness (QED) is 0.489. The lowest BCUT2D eigenvalue weighted by atomic mass is 9.98. The Morgan fingerprint density at radius 1 is 0.969 bits per heavy atom. The molecule has 1 atom stereocenters. The highest BCUT2D eigenvalue weighted by Crippen LogP contribution is 2.39. The molecule has 2 aliphatic rings. The van der Waals surface area contributed by atoms with E-state index in [1.54, 1.807) is 7.11 Å². The fourth-order valence-electron chi connectivity index (χ4n) is 3.86. The summed E-state index contributed by atoms with van der Waals surface area (Å²) in [6.07, 6.45) is 2.71. The lowest BCUT2D eigenvalue weighted by Crippen LogP contribution is -2.26. The predicted octanol–water partition coefficient (Wildman–Crippen LogP) is 6.15. The number of amides is 1. The number of rotatable bonds is 4. The van der Waals surface area contributed by atoms with Gasteiger partial charge in [-0.2, -0.15) is 10.1 Å². The topological polar surface area (TPSA) is 54.3 Å². The van der Waals surface area contributed by atoms with Crippen LogP contribution in [0.2, 0.25) is 0 Å². The fourth-order valence-corrected chi connectivity index (χ4v) is 4.60. The van der Waals surface area contributed by atoms with Crippen molar-refractivity contribution in [2.24, 2.45) is 10.1 Å². The first kappa shape index (κ1) is 20.3. The number of amidine groups is 1. The summed E-state index contributed by atoms with van der Waals surface area (Å²) in [4.78, 5) is 17.5. The Labute approximate surface area is 191 Å². The normalized spacial score (nSPS) is 19.3. The van der Waals surface area contributed by atoms with Gasteiger partial charge < -0.3 is 4.74 Å². The highest BCUT2D eigenvalue weighted by molar-refractivity contribution is 8.18. The van der Waals surface area contributed by atoms with Crippen LogP contribution in [0.5, 0.6) is 5.75 Å². The summed E-state index contributed by atoms with van der Waals surface area (Å²) in [6, 6.07) is 28.0. The summed E-state index contributed by atoms with van der Waals surface area (Å²) in [6.45, 7) is 0. The van der Waals surface area contributed by atoms with Crippen molar-refractivity contribution in [1.29, 1.82) is 0 Å². The van der Waals surface area contributed by atoms with Gasteiger partial charge >= 0.3 is 5.24 Å². The predicted molar refractivity (Wildman–Crippen MR) is 130 cm³/mol. The van der Waals surface area contributed by atoms with Crippen molar-refractivity contribution < 1.29 is 9.53 Å². The minimum Gasteiger partial charge on any atom is -0.497 e. The molecule has 6 heteroatoms. The van der Waals surface area contributed by atoms with Crippen LogP contribution < -0.4 is 4.74 Å². The van der Waals surface area contributed by atoms with Crippen molar-refractivity contribution in [3.63, 3.8) is 0 Å². The van der Waals surface area contributed by atoms with Crippen molar-refractivity contribution >= 4 is 34.6 Å². The monoisotopic (exact) mass is 439 g/mol. The van der Waals surface area contributed by atoms with E-state index in [2.05, 4.69) is 17.1 Å². The lowest BCUT2D eigenvalue weighted by molar-refractivity contribution is 0.267. The van der Waals surface area contributed by atoms with Gasteiger partial charge in [-0.15, -0.1) is 0 Å². The van der Waals surface area contributed by atoms with Crippen LogP contribution in [-0.4, -0.2) is 28.9 Å². The largest absolute Gasteiger partial charge is 0.497 e. The van der Waals surface area contributed by atoms with Crippen LogP contribution in [-0.2, 0) is 0 Å². The first-order chi connectivity index (χ1) is 15.7. The summed E-state index contributed by atoms with van der Waals surface area (Å²) in [5.74, 6) is 1.40. The summed E-state index contributed by atoms with van der Waals surface area (Å²) < 4.78 is 5.32. The third-order valence-corrected chi connectivity index (χ3v) is 6.23. The summed E-state index contributed by atoms with van der Waals surface area (Å²) >= 11 is 1.14. The maximum absolute atomic E-state index is 12.3. The first-order valence-electron chi connectivity index (χ1n) is 10.3. The van der Waals surface area contributed by atoms with Gasteiger partial charge in [-0.1, -0.05) is 72.8 Å². The molecule has 2 heterocycles. The van der Waals surface area contributed by atoms with Gasteiger partial charge in [0.05, 0.1) is 23.8 Å². The smallest absolute Gasteiger partial charge is 0.311 e. The lowest BCUT2D eigenvalue weighted by Gasteiger charge is -2.24. The average Bonchev–Trinajstić information content (AvgIpc) is 3.44. The number of nitrogens with zero attached hydrogens (tertiary/aromatic N) is 3. The Balaban J connectivity index is 1.56. The Hall–Kier alpha value is -3.64. The number of hydrogen-bond acceptors (Lipinski definition) is 5. The Morgan fingerprint density at radius 2 is 1.66 bits per heavy atom. The minimum atomic E-state index is -0.223. The zero-order valence-electron chi connectivity index (χ0n) is 17.5. The molecule has 3 aromatic rings. The number of benzene rings is 3. The number of aliphatic imine (C=N–C) groups is 1. The van der Waals surface area contributed by atoms with Gasteiger partial charge in [0.15, 0.2) is 5.84 Å². The van der Waals surface area contributed by atoms with Crippen molar-refractivity contribution in [2.75, 3.05) is 7.11 Å². The van der Waals surface area contributed by atoms with E-state index in [4.69, 9.17) is 9.84 Å². The second-order valence-corrected chi connectivity index (χ2v) is 8.47. The molecule has 1 unspecified atom stereocenters. The molecule has 0 spiro atoms. The molecular formula is C26H21N3O2S. The number of carbonyl (C=O) groups excluding carboxylic acids is 1. The van der Waals surface area contributed by atoms with Gasteiger partial charge in [0.25, 0.3) is 0 Å². The zero-order valence-corrected chi connectivity index (χ0v) is 18.3. The van der Waals surface area contributed by atoms with Crippen molar-refractivity contribution in [3.8, 4) is 5.75 Å². The van der Waals surface area contributed by atoms with E-state index < -0.39 is 0 Å². The number of ether oxygens (including phenoxy) is 1. The molecule has 2 aliphatic heterocycles. The van der Waals surface area contributed by atoms with Crippen LogP contribution in [0.15, 0.2) is 99.9 Å². The van der Waals surface area contributed by atoms with Gasteiger partial charge in [-0.05, 0) is 46.7 Å². The van der Waals surface area contributed by atoms with Crippen LogP contribution in [0.3, 0.4) is 0 Å². The van der Waals surface area contributed by atoms with E-state index >= 15 is 0 Å². The Kier molecular flexibility index (Phi) is 5.60. The summed E-state index contributed by atoms with van der Waals surface area (Å²) in [7, 11) is 1.66. The molecule has 0 saturated carbocycles. The zero-order chi connectivity index (χ0) is 21.9. The Morgan fingerprint density at radius 3 is 2.34 bits per heavy atom. The highest BCUT2D eigenvalue weighted by Gasteiger charge is 2.36. The van der Waals surface area contributed by atoms with Crippen LogP contribution in [0.25, 0.3) is 6.08 Å². The van der Waals surface area contributed by atoms with E-state index in [0.717, 1.165) is 44.8 Å². The number of thioether (sulfide) groups is 1. The molecule has 32 heavy (non-hydrogen) atoms. The molecule has 5 rings (SSSR count). The minimum absolute atomic E-state index is 0.0689. The van der Waals surface area contributed by atoms with Crippen LogP contribution in [0.4, 0.5) is 4.79 Å². The Bertz CT molecular complexity index is 1220. The van der Waals surface area contributed by atoms with Crippen LogP contribution in [0, 0.1) is 0 Å². The first-order valence-corrected chi connectivity index (χ1v) is 11.2. The van der Waals surface area contributed by atoms with Crippen molar-refractivity contribution in [3.05, 3.63) is 107 Å². The van der Waals surface area contributed by atoms with E-state index in [1.807, 2.05) is 83.9 Å². The van der Waals surface area contributed by atoms with E-state index in [0.29, 0.717) is 12.3 Å². The molecule has 0 N–H and O–H groups in total.